The quantitative estimate of drug-likeness (QED) is 0.559. The highest BCUT2D eigenvalue weighted by Crippen LogP contribution is 2.25. The van der Waals surface area contributed by atoms with Crippen molar-refractivity contribution in [3.63, 3.8) is 0 Å². The smallest absolute Gasteiger partial charge is 0.261 e. The van der Waals surface area contributed by atoms with E-state index in [4.69, 9.17) is 21.5 Å². The summed E-state index contributed by atoms with van der Waals surface area (Å²) in [6.07, 6.45) is 1.60. The van der Waals surface area contributed by atoms with Crippen LogP contribution in [-0.2, 0) is 26.7 Å². The Kier molecular flexibility index (Phi) is 5.91. The fraction of sp³-hybridized carbons (Fsp3) is 0.0625. The number of nitrogens with two attached hydrogens (primary N) is 1. The molecule has 2 aromatic carbocycles. The third kappa shape index (κ3) is 5.00. The number of rotatable bonds is 7. The minimum absolute atomic E-state index is 0.0649. The maximum absolute atomic E-state index is 12.6. The van der Waals surface area contributed by atoms with Gasteiger partial charge in [0.1, 0.15) is 17.3 Å². The van der Waals surface area contributed by atoms with Crippen molar-refractivity contribution in [3.8, 4) is 5.75 Å². The highest BCUT2D eigenvalue weighted by atomic mass is 35.5. The predicted octanol–water partition coefficient (Wildman–Crippen LogP) is 2.82. The van der Waals surface area contributed by atoms with E-state index in [2.05, 4.69) is 9.71 Å². The van der Waals surface area contributed by atoms with Gasteiger partial charge in [-0.2, -0.15) is 0 Å². The molecule has 3 aromatic rings. The summed E-state index contributed by atoms with van der Waals surface area (Å²) in [5.41, 5.74) is -0.132. The van der Waals surface area contributed by atoms with Crippen LogP contribution in [0.25, 0.3) is 0 Å². The Morgan fingerprint density at radius 3 is 2.36 bits per heavy atom. The highest BCUT2D eigenvalue weighted by Gasteiger charge is 2.20. The molecule has 0 aliphatic heterocycles. The van der Waals surface area contributed by atoms with Crippen molar-refractivity contribution in [1.29, 1.82) is 0 Å². The van der Waals surface area contributed by atoms with E-state index in [0.29, 0.717) is 10.2 Å². The van der Waals surface area contributed by atoms with Crippen LogP contribution in [0.1, 0.15) is 4.88 Å². The van der Waals surface area contributed by atoms with Gasteiger partial charge in [-0.05, 0) is 36.4 Å². The molecule has 0 spiro atoms. The minimum atomic E-state index is -4.09. The summed E-state index contributed by atoms with van der Waals surface area (Å²) >= 11 is 7.03. The molecule has 0 fully saturated rings. The summed E-state index contributed by atoms with van der Waals surface area (Å²) in [4.78, 5) is 4.34. The van der Waals surface area contributed by atoms with Gasteiger partial charge in [0.2, 0.25) is 10.0 Å². The van der Waals surface area contributed by atoms with Crippen molar-refractivity contribution < 1.29 is 21.6 Å². The Labute approximate surface area is 171 Å². The zero-order valence-corrected chi connectivity index (χ0v) is 17.3. The second-order valence-corrected chi connectivity index (χ2v) is 10.4. The second-order valence-electron chi connectivity index (χ2n) is 5.49. The van der Waals surface area contributed by atoms with Gasteiger partial charge < -0.3 is 4.74 Å². The molecule has 1 aromatic heterocycles. The van der Waals surface area contributed by atoms with Crippen LogP contribution in [0.4, 0.5) is 5.69 Å². The van der Waals surface area contributed by atoms with Gasteiger partial charge in [0, 0.05) is 6.20 Å². The number of nitrogens with one attached hydrogen (secondary N) is 1. The summed E-state index contributed by atoms with van der Waals surface area (Å²) in [6, 6.07) is 11.1. The van der Waals surface area contributed by atoms with E-state index in [-0.39, 0.29) is 22.1 Å². The van der Waals surface area contributed by atoms with Gasteiger partial charge in [0.25, 0.3) is 10.0 Å². The number of ether oxygens (including phenoxy) is 1. The molecule has 0 saturated heterocycles. The Bertz CT molecular complexity index is 1190. The van der Waals surface area contributed by atoms with Crippen LogP contribution in [0.5, 0.6) is 5.75 Å². The molecule has 0 amide bonds. The SMILES string of the molecule is NS(=O)(=O)c1ccccc1NS(=O)(=O)c1ccc(OCc2cnc(Cl)s2)cc1. The third-order valence-electron chi connectivity index (χ3n) is 3.48. The first kappa shape index (κ1) is 20.6. The lowest BCUT2D eigenvalue weighted by Crippen LogP contribution is -2.18. The largest absolute Gasteiger partial charge is 0.488 e. The summed E-state index contributed by atoms with van der Waals surface area (Å²) in [5.74, 6) is 0.452. The number of nitrogens with zero attached hydrogens (tertiary/aromatic N) is 1. The summed E-state index contributed by atoms with van der Waals surface area (Å²) in [5, 5.41) is 5.13. The van der Waals surface area contributed by atoms with E-state index in [1.807, 2.05) is 0 Å². The number of halogens is 1. The lowest BCUT2D eigenvalue weighted by atomic mass is 10.3. The lowest BCUT2D eigenvalue weighted by molar-refractivity contribution is 0.309. The van der Waals surface area contributed by atoms with Crippen molar-refractivity contribution in [1.82, 2.24) is 4.98 Å². The number of thiazole rings is 1. The number of anilines is 1. The van der Waals surface area contributed by atoms with E-state index in [1.54, 1.807) is 6.20 Å². The van der Waals surface area contributed by atoms with Gasteiger partial charge in [-0.15, -0.1) is 11.3 Å². The maximum Gasteiger partial charge on any atom is 0.261 e. The number of para-hydroxylation sites is 1. The highest BCUT2D eigenvalue weighted by molar-refractivity contribution is 7.93. The number of primary sulfonamides is 1. The van der Waals surface area contributed by atoms with Gasteiger partial charge >= 0.3 is 0 Å². The monoisotopic (exact) mass is 459 g/mol. The number of sulfonamides is 2. The van der Waals surface area contributed by atoms with Crippen LogP contribution < -0.4 is 14.6 Å². The zero-order valence-electron chi connectivity index (χ0n) is 14.1. The Morgan fingerprint density at radius 2 is 1.75 bits per heavy atom. The Balaban J connectivity index is 1.76. The first-order chi connectivity index (χ1) is 13.1. The standard InChI is InChI=1S/C16H14ClN3O5S3/c17-16-19-9-12(26-16)10-25-11-5-7-13(8-6-11)28(23,24)20-14-3-1-2-4-15(14)27(18,21)22/h1-9,20H,10H2,(H2,18,21,22). The molecule has 3 rings (SSSR count). The molecule has 0 atom stereocenters. The van der Waals surface area contributed by atoms with Crippen LogP contribution in [-0.4, -0.2) is 21.8 Å². The number of hydrogen-bond donors (Lipinski definition) is 2. The second kappa shape index (κ2) is 8.05. The van der Waals surface area contributed by atoms with Gasteiger partial charge in [0.15, 0.2) is 4.47 Å². The van der Waals surface area contributed by atoms with Gasteiger partial charge in [-0.25, -0.2) is 27.0 Å². The van der Waals surface area contributed by atoms with E-state index in [1.165, 1.54) is 59.9 Å². The van der Waals surface area contributed by atoms with E-state index >= 15 is 0 Å². The maximum atomic E-state index is 12.6. The van der Waals surface area contributed by atoms with Crippen LogP contribution in [0.3, 0.4) is 0 Å². The molecule has 8 nitrogen and oxygen atoms in total. The van der Waals surface area contributed by atoms with E-state index in [9.17, 15) is 16.8 Å². The molecule has 0 aliphatic rings. The molecular weight excluding hydrogens is 446 g/mol. The zero-order chi connectivity index (χ0) is 20.4. The molecular formula is C16H14ClN3O5S3. The van der Waals surface area contributed by atoms with Crippen LogP contribution in [0.2, 0.25) is 4.47 Å². The van der Waals surface area contributed by atoms with E-state index < -0.39 is 20.0 Å². The van der Waals surface area contributed by atoms with Gasteiger partial charge in [0.05, 0.1) is 15.5 Å². The average molecular weight is 460 g/mol. The Hall–Kier alpha value is -2.18. The summed E-state index contributed by atoms with van der Waals surface area (Å²) < 4.78 is 56.6. The van der Waals surface area contributed by atoms with E-state index in [0.717, 1.165) is 4.88 Å². The number of benzene rings is 2. The fourth-order valence-corrected chi connectivity index (χ4v) is 4.95. The minimum Gasteiger partial charge on any atom is -0.488 e. The fourth-order valence-electron chi connectivity index (χ4n) is 2.22. The molecule has 0 unspecified atom stereocenters. The van der Waals surface area contributed by atoms with Crippen molar-refractivity contribution in [3.05, 3.63) is 64.1 Å². The van der Waals surface area contributed by atoms with Gasteiger partial charge in [-0.3, -0.25) is 4.72 Å². The number of aromatic nitrogens is 1. The first-order valence-electron chi connectivity index (χ1n) is 7.63. The van der Waals surface area contributed by atoms with Gasteiger partial charge in [-0.1, -0.05) is 23.7 Å². The number of hydrogen-bond acceptors (Lipinski definition) is 7. The average Bonchev–Trinajstić information content (AvgIpc) is 3.05. The molecule has 0 radical (unpaired) electrons. The van der Waals surface area contributed by atoms with Crippen LogP contribution >= 0.6 is 22.9 Å². The van der Waals surface area contributed by atoms with Crippen LogP contribution in [0, 0.1) is 0 Å². The molecule has 0 saturated carbocycles. The topological polar surface area (TPSA) is 128 Å². The van der Waals surface area contributed by atoms with Crippen molar-refractivity contribution >= 4 is 48.7 Å². The molecule has 3 N–H and O–H groups in total. The molecule has 148 valence electrons. The molecule has 1 heterocycles. The lowest BCUT2D eigenvalue weighted by Gasteiger charge is -2.12. The summed E-state index contributed by atoms with van der Waals surface area (Å²) in [6.45, 7) is 0.246. The van der Waals surface area contributed by atoms with Crippen LogP contribution in [0.15, 0.2) is 64.5 Å². The van der Waals surface area contributed by atoms with Crippen molar-refractivity contribution in [2.24, 2.45) is 5.14 Å². The van der Waals surface area contributed by atoms with Crippen molar-refractivity contribution in [2.75, 3.05) is 4.72 Å². The molecule has 12 heteroatoms. The predicted molar refractivity (Wildman–Crippen MR) is 107 cm³/mol. The Morgan fingerprint density at radius 1 is 1.07 bits per heavy atom. The molecule has 0 aliphatic carbocycles. The summed E-state index contributed by atoms with van der Waals surface area (Å²) in [7, 11) is -8.11. The third-order valence-corrected chi connectivity index (χ3v) is 6.92. The van der Waals surface area contributed by atoms with Crippen molar-refractivity contribution in [2.45, 2.75) is 16.4 Å². The molecule has 28 heavy (non-hydrogen) atoms. The molecule has 0 bridgehead atoms. The normalized spacial score (nSPS) is 11.9. The first-order valence-corrected chi connectivity index (χ1v) is 11.9.